The Balaban J connectivity index is 2.19. The predicted octanol–water partition coefficient (Wildman–Crippen LogP) is 4.61. The molecular formula is C19H22Cl2N4O3S2. The number of carbonyl (C=O) groups excluding carboxylic acids is 1. The van der Waals surface area contributed by atoms with Gasteiger partial charge < -0.3 is 15.0 Å². The Labute approximate surface area is 194 Å². The highest BCUT2D eigenvalue weighted by molar-refractivity contribution is 7.98. The minimum Gasteiger partial charge on any atom is -0.398 e. The summed E-state index contributed by atoms with van der Waals surface area (Å²) >= 11 is 14.8. The first-order chi connectivity index (χ1) is 14.4. The number of carbonyl (C=O) groups is 1. The number of hydrogen-bond donors (Lipinski definition) is 1. The van der Waals surface area contributed by atoms with E-state index in [2.05, 4.69) is 20.0 Å². The van der Waals surface area contributed by atoms with Crippen molar-refractivity contribution in [3.8, 4) is 0 Å². The van der Waals surface area contributed by atoms with Crippen LogP contribution >= 0.6 is 46.5 Å². The maximum atomic E-state index is 12.7. The van der Waals surface area contributed by atoms with Crippen LogP contribution in [0.4, 0.5) is 0 Å². The van der Waals surface area contributed by atoms with Crippen molar-refractivity contribution >= 4 is 63.8 Å². The lowest BCUT2D eigenvalue weighted by atomic mass is 10.0. The number of nitrogens with one attached hydrogen (secondary N) is 1. The third kappa shape index (κ3) is 6.60. The van der Waals surface area contributed by atoms with Crippen molar-refractivity contribution in [1.29, 1.82) is 0 Å². The molecule has 1 aromatic heterocycles. The van der Waals surface area contributed by atoms with E-state index in [0.717, 1.165) is 22.8 Å². The van der Waals surface area contributed by atoms with Crippen LogP contribution in [0.2, 0.25) is 10.2 Å². The molecule has 0 saturated heterocycles. The van der Waals surface area contributed by atoms with Crippen LogP contribution in [0, 0.1) is 0 Å². The van der Waals surface area contributed by atoms with Crippen molar-refractivity contribution < 1.29 is 14.5 Å². The summed E-state index contributed by atoms with van der Waals surface area (Å²) < 4.78 is 3.98. The molecule has 1 aromatic carbocycles. The number of nitrogens with zero attached hydrogens (tertiary/aromatic N) is 3. The molecular weight excluding hydrogens is 467 g/mol. The molecule has 7 nitrogen and oxygen atoms in total. The first kappa shape index (κ1) is 24.5. The molecule has 1 heterocycles. The Bertz CT molecular complexity index is 934. The number of thioether (sulfide) groups is 1. The van der Waals surface area contributed by atoms with E-state index in [-0.39, 0.29) is 29.4 Å². The van der Waals surface area contributed by atoms with Crippen molar-refractivity contribution in [3.63, 3.8) is 0 Å². The third-order valence-electron chi connectivity index (χ3n) is 3.81. The fraction of sp³-hybridized carbons (Fsp3) is 0.368. The van der Waals surface area contributed by atoms with Gasteiger partial charge in [0.15, 0.2) is 10.9 Å². The monoisotopic (exact) mass is 488 g/mol. The maximum Gasteiger partial charge on any atom is 0.274 e. The molecule has 0 radical (unpaired) electrons. The summed E-state index contributed by atoms with van der Waals surface area (Å²) in [6.45, 7) is 3.80. The molecule has 1 atom stereocenters. The van der Waals surface area contributed by atoms with Crippen LogP contribution in [0.1, 0.15) is 29.9 Å². The average molecular weight is 489 g/mol. The Morgan fingerprint density at radius 2 is 2.07 bits per heavy atom. The van der Waals surface area contributed by atoms with Crippen LogP contribution < -0.4 is 5.32 Å². The van der Waals surface area contributed by atoms with Gasteiger partial charge >= 0.3 is 0 Å². The number of aromatic nitrogens is 1. The van der Waals surface area contributed by atoms with Crippen molar-refractivity contribution in [2.45, 2.75) is 26.5 Å². The molecule has 0 aliphatic carbocycles. The normalized spacial score (nSPS) is 13.1. The van der Waals surface area contributed by atoms with Crippen molar-refractivity contribution in [3.05, 3.63) is 50.4 Å². The van der Waals surface area contributed by atoms with Crippen molar-refractivity contribution in [2.24, 2.45) is 10.3 Å². The van der Waals surface area contributed by atoms with E-state index in [1.165, 1.54) is 7.11 Å². The van der Waals surface area contributed by atoms with E-state index in [4.69, 9.17) is 32.9 Å². The second-order valence-electron chi connectivity index (χ2n) is 6.18. The van der Waals surface area contributed by atoms with E-state index < -0.39 is 0 Å². The summed E-state index contributed by atoms with van der Waals surface area (Å²) in [5, 5.41) is 11.5. The van der Waals surface area contributed by atoms with Crippen LogP contribution in [0.25, 0.3) is 0 Å². The van der Waals surface area contributed by atoms with Crippen LogP contribution in [0.5, 0.6) is 0 Å². The quantitative estimate of drug-likeness (QED) is 0.389. The largest absolute Gasteiger partial charge is 0.398 e. The van der Waals surface area contributed by atoms with Gasteiger partial charge in [-0.1, -0.05) is 57.8 Å². The van der Waals surface area contributed by atoms with E-state index in [1.54, 1.807) is 24.8 Å². The summed E-state index contributed by atoms with van der Waals surface area (Å²) in [4.78, 5) is 23.8. The van der Waals surface area contributed by atoms with Crippen LogP contribution in [-0.2, 0) is 21.1 Å². The summed E-state index contributed by atoms with van der Waals surface area (Å²) in [5.41, 5.74) is 2.05. The molecule has 0 unspecified atom stereocenters. The fourth-order valence-corrected chi connectivity index (χ4v) is 4.27. The van der Waals surface area contributed by atoms with Gasteiger partial charge in [0.05, 0.1) is 15.6 Å². The molecule has 11 heteroatoms. The molecule has 0 fully saturated rings. The summed E-state index contributed by atoms with van der Waals surface area (Å²) in [5.74, 6) is 0.464. The lowest BCUT2D eigenvalue weighted by Crippen LogP contribution is -2.39. The number of benzene rings is 1. The average Bonchev–Trinajstić information content (AvgIpc) is 3.05. The Hall–Kier alpha value is -1.81. The topological polar surface area (TPSA) is 85.2 Å². The van der Waals surface area contributed by atoms with Crippen molar-refractivity contribution in [1.82, 2.24) is 9.69 Å². The first-order valence-corrected chi connectivity index (χ1v) is 11.8. The fourth-order valence-electron chi connectivity index (χ4n) is 2.49. The maximum absolute atomic E-state index is 12.7. The highest BCUT2D eigenvalue weighted by Crippen LogP contribution is 2.29. The second-order valence-corrected chi connectivity index (χ2v) is 8.60. The number of rotatable bonds is 10. The van der Waals surface area contributed by atoms with Crippen molar-refractivity contribution in [2.75, 3.05) is 19.1 Å². The van der Waals surface area contributed by atoms with Gasteiger partial charge in [-0.15, -0.1) is 0 Å². The minimum atomic E-state index is -0.323. The molecule has 0 aliphatic heterocycles. The van der Waals surface area contributed by atoms with Gasteiger partial charge in [0.1, 0.15) is 13.7 Å². The highest BCUT2D eigenvalue weighted by atomic mass is 35.5. The van der Waals surface area contributed by atoms with E-state index in [1.807, 2.05) is 31.4 Å². The van der Waals surface area contributed by atoms with E-state index >= 15 is 0 Å². The number of hydrogen-bond acceptors (Lipinski definition) is 8. The Kier molecular flexibility index (Phi) is 9.90. The van der Waals surface area contributed by atoms with E-state index in [9.17, 15) is 4.79 Å². The van der Waals surface area contributed by atoms with Crippen LogP contribution in [0.15, 0.2) is 34.6 Å². The summed E-state index contributed by atoms with van der Waals surface area (Å²) in [6, 6.07) is 7.26. The standard InChI is InChI=1S/C19H22Cl2N4O3S2/c1-11(10-29-4)22-19(26)16(24-27-3)14-8-6-5-7-13(14)9-28-23-12(2)17-15(20)18(21)25-30-17/h5-8,11H,9-10H2,1-4H3,(H,22,26)/b23-12+,24-16+/t11-/m0/s1. The zero-order chi connectivity index (χ0) is 22.1. The highest BCUT2D eigenvalue weighted by Gasteiger charge is 2.20. The predicted molar refractivity (Wildman–Crippen MR) is 125 cm³/mol. The molecule has 2 aromatic rings. The molecule has 0 aliphatic rings. The SMILES string of the molecule is CO/N=C(/C(=O)N[C@@H](C)CSC)c1ccccc1CO/N=C(\C)c1snc(Cl)c1Cl. The minimum absolute atomic E-state index is 0.0128. The Morgan fingerprint density at radius 1 is 1.33 bits per heavy atom. The van der Waals surface area contributed by atoms with Gasteiger partial charge in [-0.05, 0) is 31.6 Å². The van der Waals surface area contributed by atoms with Crippen LogP contribution in [0.3, 0.4) is 0 Å². The Morgan fingerprint density at radius 3 is 2.70 bits per heavy atom. The lowest BCUT2D eigenvalue weighted by Gasteiger charge is -2.15. The molecule has 1 amide bonds. The first-order valence-electron chi connectivity index (χ1n) is 8.85. The van der Waals surface area contributed by atoms with Gasteiger partial charge in [0.2, 0.25) is 0 Å². The van der Waals surface area contributed by atoms with Gasteiger partial charge in [-0.2, -0.15) is 16.1 Å². The van der Waals surface area contributed by atoms with Gasteiger partial charge in [-0.3, -0.25) is 4.79 Å². The number of amides is 1. The van der Waals surface area contributed by atoms with Gasteiger partial charge in [-0.25, -0.2) is 0 Å². The zero-order valence-electron chi connectivity index (χ0n) is 16.9. The lowest BCUT2D eigenvalue weighted by molar-refractivity contribution is -0.115. The van der Waals surface area contributed by atoms with Gasteiger partial charge in [0, 0.05) is 22.9 Å². The molecule has 0 spiro atoms. The third-order valence-corrected chi connectivity index (χ3v) is 6.55. The second kappa shape index (κ2) is 12.1. The molecule has 0 saturated carbocycles. The molecule has 162 valence electrons. The summed E-state index contributed by atoms with van der Waals surface area (Å²) in [6.07, 6.45) is 1.98. The van der Waals surface area contributed by atoms with E-state index in [0.29, 0.717) is 21.2 Å². The molecule has 2 rings (SSSR count). The van der Waals surface area contributed by atoms with Gasteiger partial charge in [0.25, 0.3) is 5.91 Å². The number of halogens is 2. The van der Waals surface area contributed by atoms with Crippen LogP contribution in [-0.4, -0.2) is 46.9 Å². The molecule has 1 N–H and O–H groups in total. The zero-order valence-corrected chi connectivity index (χ0v) is 20.1. The molecule has 0 bridgehead atoms. The number of oxime groups is 2. The summed E-state index contributed by atoms with van der Waals surface area (Å²) in [7, 11) is 1.40. The smallest absolute Gasteiger partial charge is 0.274 e. The molecule has 30 heavy (non-hydrogen) atoms.